The van der Waals surface area contributed by atoms with Gasteiger partial charge in [-0.05, 0) is 18.1 Å². The Balaban J connectivity index is 0.00000400. The molecule has 1 amide bonds. The molecular weight excluding hydrogens is 312 g/mol. The van der Waals surface area contributed by atoms with Gasteiger partial charge in [0, 0.05) is 24.4 Å². The van der Waals surface area contributed by atoms with E-state index in [2.05, 4.69) is 10.1 Å². The summed E-state index contributed by atoms with van der Waals surface area (Å²) in [5.41, 5.74) is 7.51. The monoisotopic (exact) mass is 332 g/mol. The van der Waals surface area contributed by atoms with E-state index < -0.39 is 0 Å². The first-order valence-corrected chi connectivity index (χ1v) is 7.53. The molecule has 0 bridgehead atoms. The molecule has 118 valence electrons. The molecule has 0 fully saturated rings. The summed E-state index contributed by atoms with van der Waals surface area (Å²) in [4.78, 5) is 22.5. The van der Waals surface area contributed by atoms with Crippen molar-refractivity contribution in [2.45, 2.75) is 12.8 Å². The van der Waals surface area contributed by atoms with Crippen molar-refractivity contribution < 1.29 is 14.3 Å². The SMILES string of the molecule is COC(=O)CSCCNC(=O)CCc1ccccc1N.Cl. The minimum atomic E-state index is -0.249. The summed E-state index contributed by atoms with van der Waals surface area (Å²) >= 11 is 1.44. The number of anilines is 1. The Morgan fingerprint density at radius 2 is 2.05 bits per heavy atom. The third-order valence-corrected chi connectivity index (χ3v) is 3.63. The van der Waals surface area contributed by atoms with Crippen LogP contribution in [-0.2, 0) is 20.7 Å². The smallest absolute Gasteiger partial charge is 0.315 e. The highest BCUT2D eigenvalue weighted by Gasteiger charge is 2.04. The van der Waals surface area contributed by atoms with Gasteiger partial charge < -0.3 is 15.8 Å². The number of benzene rings is 1. The standard InChI is InChI=1S/C14H20N2O3S.ClH/c1-19-14(18)10-20-9-8-16-13(17)7-6-11-4-2-3-5-12(11)15;/h2-5H,6-10,15H2,1H3,(H,16,17);1H. The van der Waals surface area contributed by atoms with E-state index in [9.17, 15) is 9.59 Å². The summed E-state index contributed by atoms with van der Waals surface area (Å²) in [6.45, 7) is 0.546. The number of hydrogen-bond acceptors (Lipinski definition) is 5. The molecule has 0 atom stereocenters. The Morgan fingerprint density at radius 3 is 2.71 bits per heavy atom. The topological polar surface area (TPSA) is 81.4 Å². The molecule has 5 nitrogen and oxygen atoms in total. The zero-order valence-corrected chi connectivity index (χ0v) is 13.6. The predicted molar refractivity (Wildman–Crippen MR) is 88.8 cm³/mol. The summed E-state index contributed by atoms with van der Waals surface area (Å²) in [5, 5.41) is 2.81. The maximum Gasteiger partial charge on any atom is 0.315 e. The third-order valence-electron chi connectivity index (χ3n) is 2.69. The van der Waals surface area contributed by atoms with Crippen molar-refractivity contribution in [1.29, 1.82) is 0 Å². The van der Waals surface area contributed by atoms with Gasteiger partial charge in [0.2, 0.25) is 5.91 Å². The van der Waals surface area contributed by atoms with Crippen LogP contribution in [0.25, 0.3) is 0 Å². The number of ether oxygens (including phenoxy) is 1. The molecule has 7 heteroatoms. The summed E-state index contributed by atoms with van der Waals surface area (Å²) < 4.78 is 4.52. The molecule has 0 aliphatic rings. The normalized spacial score (nSPS) is 9.57. The predicted octanol–water partition coefficient (Wildman–Crippen LogP) is 1.65. The van der Waals surface area contributed by atoms with E-state index in [0.29, 0.717) is 36.6 Å². The van der Waals surface area contributed by atoms with Gasteiger partial charge in [0.1, 0.15) is 0 Å². The lowest BCUT2D eigenvalue weighted by atomic mass is 10.1. The fraction of sp³-hybridized carbons (Fsp3) is 0.429. The Labute approximate surface area is 135 Å². The van der Waals surface area contributed by atoms with E-state index >= 15 is 0 Å². The number of carbonyl (C=O) groups is 2. The lowest BCUT2D eigenvalue weighted by Crippen LogP contribution is -2.26. The van der Waals surface area contributed by atoms with Crippen LogP contribution in [0.3, 0.4) is 0 Å². The number of methoxy groups -OCH3 is 1. The number of aryl methyl sites for hydroxylation is 1. The average molecular weight is 333 g/mol. The number of nitrogen functional groups attached to an aromatic ring is 1. The van der Waals surface area contributed by atoms with Gasteiger partial charge in [-0.1, -0.05) is 18.2 Å². The number of para-hydroxylation sites is 1. The summed E-state index contributed by atoms with van der Waals surface area (Å²) in [6.07, 6.45) is 1.05. The highest BCUT2D eigenvalue weighted by atomic mass is 35.5. The highest BCUT2D eigenvalue weighted by Crippen LogP contribution is 2.12. The molecule has 0 aromatic heterocycles. The Kier molecular flexibility index (Phi) is 10.5. The molecule has 1 aromatic carbocycles. The molecule has 0 aliphatic heterocycles. The van der Waals surface area contributed by atoms with E-state index in [0.717, 1.165) is 5.56 Å². The van der Waals surface area contributed by atoms with Crippen LogP contribution in [0.2, 0.25) is 0 Å². The van der Waals surface area contributed by atoms with Gasteiger partial charge in [-0.15, -0.1) is 24.2 Å². The van der Waals surface area contributed by atoms with Crippen LogP contribution in [0.5, 0.6) is 0 Å². The fourth-order valence-corrected chi connectivity index (χ4v) is 2.25. The fourth-order valence-electron chi connectivity index (χ4n) is 1.58. The van der Waals surface area contributed by atoms with E-state index in [1.807, 2.05) is 24.3 Å². The molecule has 1 aromatic rings. The summed E-state index contributed by atoms with van der Waals surface area (Å²) in [7, 11) is 1.36. The lowest BCUT2D eigenvalue weighted by molar-refractivity contribution is -0.137. The van der Waals surface area contributed by atoms with E-state index in [1.165, 1.54) is 18.9 Å². The molecule has 1 rings (SSSR count). The molecule has 0 saturated carbocycles. The first-order valence-electron chi connectivity index (χ1n) is 6.38. The number of nitrogens with two attached hydrogens (primary N) is 1. The largest absolute Gasteiger partial charge is 0.468 e. The number of halogens is 1. The third kappa shape index (κ3) is 8.47. The first-order chi connectivity index (χ1) is 9.63. The first kappa shape index (κ1) is 19.6. The molecule has 21 heavy (non-hydrogen) atoms. The van der Waals surface area contributed by atoms with Gasteiger partial charge in [-0.3, -0.25) is 9.59 Å². The number of esters is 1. The molecule has 0 spiro atoms. The number of rotatable bonds is 8. The van der Waals surface area contributed by atoms with Crippen LogP contribution in [-0.4, -0.2) is 37.0 Å². The highest BCUT2D eigenvalue weighted by molar-refractivity contribution is 7.99. The second-order valence-electron chi connectivity index (χ2n) is 4.18. The number of hydrogen-bond donors (Lipinski definition) is 2. The number of nitrogens with one attached hydrogen (secondary N) is 1. The quantitative estimate of drug-likeness (QED) is 0.430. The second-order valence-corrected chi connectivity index (χ2v) is 5.28. The van der Waals surface area contributed by atoms with E-state index in [-0.39, 0.29) is 24.3 Å². The van der Waals surface area contributed by atoms with Crippen molar-refractivity contribution in [2.24, 2.45) is 0 Å². The molecule has 0 unspecified atom stereocenters. The van der Waals surface area contributed by atoms with Gasteiger partial charge in [-0.2, -0.15) is 0 Å². The number of carbonyl (C=O) groups excluding carboxylic acids is 2. The van der Waals surface area contributed by atoms with Crippen molar-refractivity contribution >= 4 is 41.7 Å². The van der Waals surface area contributed by atoms with Gasteiger partial charge in [0.05, 0.1) is 12.9 Å². The maximum atomic E-state index is 11.6. The molecule has 3 N–H and O–H groups in total. The van der Waals surface area contributed by atoms with Crippen LogP contribution < -0.4 is 11.1 Å². The van der Waals surface area contributed by atoms with Crippen molar-refractivity contribution in [3.63, 3.8) is 0 Å². The number of thioether (sulfide) groups is 1. The van der Waals surface area contributed by atoms with E-state index in [4.69, 9.17) is 5.73 Å². The van der Waals surface area contributed by atoms with Gasteiger partial charge in [0.15, 0.2) is 0 Å². The van der Waals surface area contributed by atoms with Crippen LogP contribution in [0.15, 0.2) is 24.3 Å². The zero-order chi connectivity index (χ0) is 14.8. The van der Waals surface area contributed by atoms with Crippen LogP contribution in [0, 0.1) is 0 Å². The van der Waals surface area contributed by atoms with Crippen LogP contribution in [0.4, 0.5) is 5.69 Å². The van der Waals surface area contributed by atoms with Gasteiger partial charge >= 0.3 is 5.97 Å². The maximum absolute atomic E-state index is 11.6. The zero-order valence-electron chi connectivity index (χ0n) is 12.0. The van der Waals surface area contributed by atoms with Gasteiger partial charge in [-0.25, -0.2) is 0 Å². The number of amides is 1. The van der Waals surface area contributed by atoms with Crippen molar-refractivity contribution in [2.75, 3.05) is 30.9 Å². The van der Waals surface area contributed by atoms with Crippen molar-refractivity contribution in [1.82, 2.24) is 5.32 Å². The molecule has 0 aliphatic carbocycles. The average Bonchev–Trinajstić information content (AvgIpc) is 2.45. The Hall–Kier alpha value is -1.40. The van der Waals surface area contributed by atoms with Crippen LogP contribution in [0.1, 0.15) is 12.0 Å². The van der Waals surface area contributed by atoms with Crippen LogP contribution >= 0.6 is 24.2 Å². The Bertz CT molecular complexity index is 458. The minimum Gasteiger partial charge on any atom is -0.468 e. The molecule has 0 saturated heterocycles. The van der Waals surface area contributed by atoms with E-state index in [1.54, 1.807) is 0 Å². The summed E-state index contributed by atoms with van der Waals surface area (Å²) in [6, 6.07) is 7.54. The van der Waals surface area contributed by atoms with Gasteiger partial charge in [0.25, 0.3) is 0 Å². The molecular formula is C14H21ClN2O3S. The minimum absolute atomic E-state index is 0. The molecule has 0 radical (unpaired) electrons. The lowest BCUT2D eigenvalue weighted by Gasteiger charge is -2.06. The second kappa shape index (κ2) is 11.3. The molecule has 0 heterocycles. The van der Waals surface area contributed by atoms with Crippen molar-refractivity contribution in [3.8, 4) is 0 Å². The van der Waals surface area contributed by atoms with Crippen molar-refractivity contribution in [3.05, 3.63) is 29.8 Å². The Morgan fingerprint density at radius 1 is 1.33 bits per heavy atom. The summed E-state index contributed by atoms with van der Waals surface area (Å²) in [5.74, 6) is 0.745.